The van der Waals surface area contributed by atoms with Gasteiger partial charge in [-0.2, -0.15) is 0 Å². The molecule has 35 heavy (non-hydrogen) atoms. The average molecular weight is 493 g/mol. The fraction of sp³-hybridized carbons (Fsp3) is 0.731. The summed E-state index contributed by atoms with van der Waals surface area (Å²) in [5.74, 6) is -5.07. The van der Waals surface area contributed by atoms with Crippen molar-refractivity contribution in [1.82, 2.24) is 0 Å². The molecule has 3 rings (SSSR count). The van der Waals surface area contributed by atoms with Crippen LogP contribution in [0.1, 0.15) is 68.2 Å². The van der Waals surface area contributed by atoms with Crippen molar-refractivity contribution >= 4 is 29.5 Å². The van der Waals surface area contributed by atoms with Crippen LogP contribution in [-0.2, 0) is 42.9 Å². The Bertz CT molecular complexity index is 983. The molecule has 2 saturated carbocycles. The minimum absolute atomic E-state index is 0.428. The number of carbonyl (C=O) groups excluding carboxylic acids is 5. The summed E-state index contributed by atoms with van der Waals surface area (Å²) < 4.78 is 23.7. The number of rotatable bonds is 4. The van der Waals surface area contributed by atoms with E-state index in [0.29, 0.717) is 12.8 Å². The number of Topliss-reactive ketones (excluding diaryl/α,β-unsaturated/α-hetero) is 2. The fourth-order valence-corrected chi connectivity index (χ4v) is 7.20. The van der Waals surface area contributed by atoms with E-state index in [1.807, 2.05) is 13.8 Å². The molecular weight excluding hydrogens is 456 g/mol. The van der Waals surface area contributed by atoms with Crippen molar-refractivity contribution in [2.24, 2.45) is 22.7 Å². The molecule has 9 nitrogen and oxygen atoms in total. The maximum atomic E-state index is 13.9. The Morgan fingerprint density at radius 2 is 1.49 bits per heavy atom. The van der Waals surface area contributed by atoms with Crippen LogP contribution < -0.4 is 0 Å². The average Bonchev–Trinajstić information content (AvgIpc) is 2.70. The molecule has 8 atom stereocenters. The van der Waals surface area contributed by atoms with E-state index in [-0.39, 0.29) is 0 Å². The Hall–Kier alpha value is -2.55. The van der Waals surface area contributed by atoms with E-state index in [2.05, 4.69) is 6.58 Å². The van der Waals surface area contributed by atoms with Crippen LogP contribution in [0.5, 0.6) is 0 Å². The summed E-state index contributed by atoms with van der Waals surface area (Å²) in [4.78, 5) is 64.0. The number of ether oxygens (including phenoxy) is 4. The highest BCUT2D eigenvalue weighted by Crippen LogP contribution is 2.66. The van der Waals surface area contributed by atoms with Gasteiger partial charge in [-0.05, 0) is 32.1 Å². The molecule has 0 aromatic carbocycles. The largest absolute Gasteiger partial charge is 0.462 e. The van der Waals surface area contributed by atoms with Gasteiger partial charge in [-0.3, -0.25) is 24.0 Å². The summed E-state index contributed by atoms with van der Waals surface area (Å²) in [6.45, 7) is 16.1. The molecule has 2 aliphatic carbocycles. The molecule has 9 heteroatoms. The topological polar surface area (TPSA) is 122 Å². The molecule has 0 N–H and O–H groups in total. The Morgan fingerprint density at radius 1 is 0.943 bits per heavy atom. The van der Waals surface area contributed by atoms with Crippen molar-refractivity contribution in [3.8, 4) is 0 Å². The van der Waals surface area contributed by atoms with Gasteiger partial charge in [-0.25, -0.2) is 0 Å². The molecule has 1 unspecified atom stereocenters. The first-order valence-electron chi connectivity index (χ1n) is 11.9. The number of carbonyl (C=O) groups is 5. The van der Waals surface area contributed by atoms with E-state index in [1.165, 1.54) is 33.8 Å². The maximum Gasteiger partial charge on any atom is 0.303 e. The van der Waals surface area contributed by atoms with E-state index in [0.717, 1.165) is 0 Å². The molecule has 0 spiro atoms. The van der Waals surface area contributed by atoms with Crippen LogP contribution in [0, 0.1) is 22.7 Å². The van der Waals surface area contributed by atoms with Crippen LogP contribution in [-0.4, -0.2) is 59.0 Å². The molecule has 1 saturated heterocycles. The standard InChI is InChI=1S/C26H36O9/c1-10-24(7)21(31)17(30)19-25(8)16(32-13(2)27)11-12-23(5,6)20(25)18(33-14(3)28)22(34-15(4)29)26(19,9)35-24/h10,16,18-20,22H,1,11-12H2,2-9H3/t16-,18-,19?,20-,22-,24-,25+,26-/m0/s1. The van der Waals surface area contributed by atoms with Crippen LogP contribution in [0.25, 0.3) is 0 Å². The first-order chi connectivity index (χ1) is 16.0. The first kappa shape index (κ1) is 27.0. The van der Waals surface area contributed by atoms with Crippen LogP contribution in [0.4, 0.5) is 0 Å². The Labute approximate surface area is 205 Å². The highest BCUT2D eigenvalue weighted by atomic mass is 16.6. The van der Waals surface area contributed by atoms with Gasteiger partial charge >= 0.3 is 17.9 Å². The van der Waals surface area contributed by atoms with Crippen LogP contribution >= 0.6 is 0 Å². The molecule has 3 aliphatic rings. The molecule has 0 aromatic rings. The molecule has 0 radical (unpaired) electrons. The molecular formula is C26H36O9. The van der Waals surface area contributed by atoms with Gasteiger partial charge in [0, 0.05) is 32.1 Å². The van der Waals surface area contributed by atoms with Crippen molar-refractivity contribution in [3.63, 3.8) is 0 Å². The zero-order valence-corrected chi connectivity index (χ0v) is 21.8. The van der Waals surface area contributed by atoms with E-state index in [1.54, 1.807) is 13.8 Å². The quantitative estimate of drug-likeness (QED) is 0.252. The summed E-state index contributed by atoms with van der Waals surface area (Å²) in [5.41, 5.74) is -5.02. The van der Waals surface area contributed by atoms with Gasteiger partial charge in [0.05, 0.1) is 5.92 Å². The van der Waals surface area contributed by atoms with Crippen molar-refractivity contribution in [2.75, 3.05) is 0 Å². The second-order valence-corrected chi connectivity index (χ2v) is 11.3. The lowest BCUT2D eigenvalue weighted by atomic mass is 9.41. The third-order valence-electron chi connectivity index (χ3n) is 8.31. The first-order valence-corrected chi connectivity index (χ1v) is 11.9. The van der Waals surface area contributed by atoms with Crippen LogP contribution in [0.15, 0.2) is 12.7 Å². The summed E-state index contributed by atoms with van der Waals surface area (Å²) >= 11 is 0. The van der Waals surface area contributed by atoms with Gasteiger partial charge < -0.3 is 18.9 Å². The van der Waals surface area contributed by atoms with Gasteiger partial charge in [0.1, 0.15) is 23.4 Å². The number of fused-ring (bicyclic) bond motifs is 3. The van der Waals surface area contributed by atoms with E-state index < -0.39 is 81.7 Å². The normalized spacial score (nSPS) is 42.2. The molecule has 0 bridgehead atoms. The van der Waals surface area contributed by atoms with E-state index >= 15 is 0 Å². The lowest BCUT2D eigenvalue weighted by molar-refractivity contribution is -0.316. The zero-order chi connectivity index (χ0) is 26.7. The zero-order valence-electron chi connectivity index (χ0n) is 21.8. The van der Waals surface area contributed by atoms with Crippen LogP contribution in [0.2, 0.25) is 0 Å². The second kappa shape index (κ2) is 8.54. The number of hydrogen-bond acceptors (Lipinski definition) is 9. The summed E-state index contributed by atoms with van der Waals surface area (Å²) in [6.07, 6.45) is -0.774. The fourth-order valence-electron chi connectivity index (χ4n) is 7.20. The molecule has 0 aromatic heterocycles. The molecule has 1 aliphatic heterocycles. The maximum absolute atomic E-state index is 13.9. The smallest absolute Gasteiger partial charge is 0.303 e. The summed E-state index contributed by atoms with van der Waals surface area (Å²) in [5, 5.41) is 0. The van der Waals surface area contributed by atoms with Crippen molar-refractivity contribution in [1.29, 1.82) is 0 Å². The van der Waals surface area contributed by atoms with E-state index in [9.17, 15) is 24.0 Å². The summed E-state index contributed by atoms with van der Waals surface area (Å²) in [6, 6.07) is 0. The van der Waals surface area contributed by atoms with Crippen molar-refractivity contribution in [3.05, 3.63) is 12.7 Å². The lowest BCUT2D eigenvalue weighted by Crippen LogP contribution is -2.80. The third kappa shape index (κ3) is 4.01. The minimum Gasteiger partial charge on any atom is -0.462 e. The molecule has 0 amide bonds. The number of esters is 3. The van der Waals surface area contributed by atoms with Crippen molar-refractivity contribution < 1.29 is 42.9 Å². The Morgan fingerprint density at radius 3 is 1.97 bits per heavy atom. The number of ketones is 2. The highest BCUT2D eigenvalue weighted by Gasteiger charge is 2.77. The third-order valence-corrected chi connectivity index (χ3v) is 8.31. The number of hydrogen-bond donors (Lipinski definition) is 0. The predicted octanol–water partition coefficient (Wildman–Crippen LogP) is 2.73. The van der Waals surface area contributed by atoms with E-state index in [4.69, 9.17) is 18.9 Å². The Kier molecular flexibility index (Phi) is 6.60. The summed E-state index contributed by atoms with van der Waals surface area (Å²) in [7, 11) is 0. The molecule has 1 heterocycles. The van der Waals surface area contributed by atoms with Crippen LogP contribution in [0.3, 0.4) is 0 Å². The predicted molar refractivity (Wildman–Crippen MR) is 123 cm³/mol. The van der Waals surface area contributed by atoms with Gasteiger partial charge in [0.25, 0.3) is 0 Å². The van der Waals surface area contributed by atoms with Gasteiger partial charge in [0.2, 0.25) is 11.6 Å². The monoisotopic (exact) mass is 492 g/mol. The SMILES string of the molecule is C=C[C@]1(C)O[C@@]2(C)C(C(=O)C1=O)[C@@]1(C)[C@@H](OC(C)=O)CCC(C)(C)[C@@H]1[C@H](OC(C)=O)[C@@H]2OC(C)=O. The van der Waals surface area contributed by atoms with Crippen molar-refractivity contribution in [2.45, 2.75) is 97.7 Å². The minimum atomic E-state index is -1.69. The van der Waals surface area contributed by atoms with Gasteiger partial charge in [-0.1, -0.05) is 33.4 Å². The highest BCUT2D eigenvalue weighted by molar-refractivity contribution is 6.42. The van der Waals surface area contributed by atoms with Gasteiger partial charge in [-0.15, -0.1) is 0 Å². The molecule has 3 fully saturated rings. The molecule has 194 valence electrons. The second-order valence-electron chi connectivity index (χ2n) is 11.3. The van der Waals surface area contributed by atoms with Gasteiger partial charge in [0.15, 0.2) is 6.10 Å². The Balaban J connectivity index is 2.39. The lowest BCUT2D eigenvalue weighted by Gasteiger charge is -2.68.